The van der Waals surface area contributed by atoms with Gasteiger partial charge >= 0.3 is 0 Å². The molecule has 0 aromatic heterocycles. The quantitative estimate of drug-likeness (QED) is 0.497. The molecule has 1 rings (SSSR count). The molecule has 0 saturated heterocycles. The van der Waals surface area contributed by atoms with Crippen molar-refractivity contribution in [1.29, 1.82) is 5.26 Å². The SMILES string of the molecule is N#C[C]1([AlH2])CC[C](O)([AlH2])CC1. The zero-order valence-electron chi connectivity index (χ0n) is 7.22. The van der Waals surface area contributed by atoms with Crippen LogP contribution in [-0.4, -0.2) is 42.2 Å². The van der Waals surface area contributed by atoms with Crippen LogP contribution in [-0.2, 0) is 0 Å². The van der Waals surface area contributed by atoms with Crippen molar-refractivity contribution in [2.45, 2.75) is 34.4 Å². The van der Waals surface area contributed by atoms with Crippen molar-refractivity contribution in [3.63, 3.8) is 0 Å². The Morgan fingerprint density at radius 2 is 1.64 bits per heavy atom. The number of aliphatic hydroxyl groups is 1. The van der Waals surface area contributed by atoms with Crippen LogP contribution in [0.5, 0.6) is 0 Å². The van der Waals surface area contributed by atoms with Gasteiger partial charge in [0, 0.05) is 8.74 Å². The Labute approximate surface area is 83.4 Å². The van der Waals surface area contributed by atoms with Gasteiger partial charge in [-0.1, -0.05) is 0 Å². The molecule has 0 aromatic carbocycles. The maximum absolute atomic E-state index is 9.67. The van der Waals surface area contributed by atoms with Crippen LogP contribution in [0.2, 0.25) is 4.28 Å². The Morgan fingerprint density at radius 1 is 1.18 bits per heavy atom. The first-order valence-electron chi connectivity index (χ1n) is 4.11. The molecule has 0 aliphatic heterocycles. The van der Waals surface area contributed by atoms with Crippen LogP contribution >= 0.6 is 0 Å². The minimum absolute atomic E-state index is 0.0172. The second-order valence-corrected chi connectivity index (χ2v) is 7.95. The maximum atomic E-state index is 9.67. The smallest absolute Gasteiger partial charge is 0.263 e. The minimum atomic E-state index is -0.356. The summed E-state index contributed by atoms with van der Waals surface area (Å²) in [5.41, 5.74) is 0. The van der Waals surface area contributed by atoms with E-state index in [0.717, 1.165) is 58.3 Å². The Morgan fingerprint density at radius 3 is 2.00 bits per heavy atom. The fourth-order valence-electron chi connectivity index (χ4n) is 1.45. The minimum Gasteiger partial charge on any atom is -0.406 e. The predicted molar refractivity (Wildman–Crippen MR) is 48.8 cm³/mol. The summed E-state index contributed by atoms with van der Waals surface area (Å²) in [6.07, 6.45) is 3.57. The van der Waals surface area contributed by atoms with Gasteiger partial charge in [-0.25, -0.2) is 0 Å². The summed E-state index contributed by atoms with van der Waals surface area (Å²) < 4.78 is -0.374. The molecule has 4 heteroatoms. The Kier molecular flexibility index (Phi) is 2.71. The average molecular weight is 181 g/mol. The Hall–Kier alpha value is 0.515. The lowest BCUT2D eigenvalue weighted by molar-refractivity contribution is 0.0787. The van der Waals surface area contributed by atoms with Crippen LogP contribution in [0, 0.1) is 11.3 Å². The number of nitriles is 1. The van der Waals surface area contributed by atoms with Gasteiger partial charge in [-0.15, -0.1) is 0 Å². The van der Waals surface area contributed by atoms with Crippen molar-refractivity contribution >= 4 is 32.6 Å². The summed E-state index contributed by atoms with van der Waals surface area (Å²) >= 11 is 1.81. The lowest BCUT2D eigenvalue weighted by Gasteiger charge is -2.36. The van der Waals surface area contributed by atoms with Gasteiger partial charge in [-0.3, -0.25) is 0 Å². The molecule has 1 saturated carbocycles. The highest BCUT2D eigenvalue weighted by atomic mass is 27.1. The summed E-state index contributed by atoms with van der Waals surface area (Å²) in [6, 6.07) is 2.38. The van der Waals surface area contributed by atoms with Gasteiger partial charge < -0.3 is 5.11 Å². The van der Waals surface area contributed by atoms with E-state index in [4.69, 9.17) is 5.26 Å². The molecule has 11 heavy (non-hydrogen) atoms. The van der Waals surface area contributed by atoms with Gasteiger partial charge in [0.15, 0.2) is 0 Å². The summed E-state index contributed by atoms with van der Waals surface area (Å²) in [7, 11) is 0. The van der Waals surface area contributed by atoms with Crippen LogP contribution in [0.4, 0.5) is 0 Å². The van der Waals surface area contributed by atoms with E-state index in [1.165, 1.54) is 0 Å². The van der Waals surface area contributed by atoms with Gasteiger partial charge in [0.2, 0.25) is 16.3 Å². The summed E-state index contributed by atoms with van der Waals surface area (Å²) in [5.74, 6) is 0. The summed E-state index contributed by atoms with van der Waals surface area (Å²) in [5, 5.41) is 18.5. The third kappa shape index (κ3) is 2.49. The zero-order chi connectivity index (χ0) is 8.54. The van der Waals surface area contributed by atoms with Gasteiger partial charge in [-0.05, 0) is 25.7 Å². The first kappa shape index (κ1) is 9.60. The Bertz CT molecular complexity index is 187. The van der Waals surface area contributed by atoms with Crippen molar-refractivity contribution in [3.8, 4) is 6.07 Å². The molecule has 58 valence electrons. The second kappa shape index (κ2) is 3.10. The fraction of sp³-hybridized carbons (Fsp3) is 0.857. The van der Waals surface area contributed by atoms with Crippen LogP contribution in [0.15, 0.2) is 0 Å². The summed E-state index contributed by atoms with van der Waals surface area (Å²) in [4.78, 5) is 0. The van der Waals surface area contributed by atoms with E-state index in [9.17, 15) is 5.11 Å². The first-order valence-corrected chi connectivity index (χ1v) is 6.11. The van der Waals surface area contributed by atoms with Crippen molar-refractivity contribution in [2.75, 3.05) is 0 Å². The van der Waals surface area contributed by atoms with E-state index in [1.807, 2.05) is 0 Å². The van der Waals surface area contributed by atoms with Gasteiger partial charge in [-0.2, -0.15) is 5.26 Å². The van der Waals surface area contributed by atoms with Crippen molar-refractivity contribution in [2.24, 2.45) is 0 Å². The van der Waals surface area contributed by atoms with Gasteiger partial charge in [0.05, 0.1) is 6.07 Å². The number of hydrogen-bond donors (Lipinski definition) is 1. The summed E-state index contributed by atoms with van der Waals surface area (Å²) in [6.45, 7) is 0. The topological polar surface area (TPSA) is 44.0 Å². The lowest BCUT2D eigenvalue weighted by Crippen LogP contribution is -2.36. The number of rotatable bonds is 0. The maximum Gasteiger partial charge on any atom is 0.263 e. The molecule has 0 spiro atoms. The monoisotopic (exact) mass is 181 g/mol. The van der Waals surface area contributed by atoms with Crippen molar-refractivity contribution < 1.29 is 5.11 Å². The molecular weight excluding hydrogens is 168 g/mol. The highest BCUT2D eigenvalue weighted by Crippen LogP contribution is 2.41. The van der Waals surface area contributed by atoms with Crippen molar-refractivity contribution in [1.82, 2.24) is 0 Å². The highest BCUT2D eigenvalue weighted by molar-refractivity contribution is 6.18. The molecule has 0 amide bonds. The molecule has 1 aliphatic rings. The first-order chi connectivity index (χ1) is 4.97. The second-order valence-electron chi connectivity index (χ2n) is 4.17. The highest BCUT2D eigenvalue weighted by Gasteiger charge is 2.35. The van der Waals surface area contributed by atoms with Gasteiger partial charge in [0.25, 0.3) is 16.3 Å². The molecule has 1 aliphatic carbocycles. The van der Waals surface area contributed by atoms with Crippen LogP contribution in [0.3, 0.4) is 0 Å². The molecule has 0 aromatic rings. The number of hydrogen-bond acceptors (Lipinski definition) is 2. The molecule has 1 fully saturated rings. The van der Waals surface area contributed by atoms with E-state index in [0.29, 0.717) is 0 Å². The predicted octanol–water partition coefficient (Wildman–Crippen LogP) is -0.803. The van der Waals surface area contributed by atoms with E-state index in [1.54, 1.807) is 0 Å². The van der Waals surface area contributed by atoms with Crippen LogP contribution in [0.1, 0.15) is 25.7 Å². The molecule has 0 heterocycles. The largest absolute Gasteiger partial charge is 0.406 e. The number of nitrogens with zero attached hydrogens (tertiary/aromatic N) is 1. The van der Waals surface area contributed by atoms with E-state index < -0.39 is 0 Å². The lowest BCUT2D eigenvalue weighted by atomic mass is 9.86. The molecule has 2 nitrogen and oxygen atoms in total. The van der Waals surface area contributed by atoms with Gasteiger partial charge in [0.1, 0.15) is 0 Å². The van der Waals surface area contributed by atoms with E-state index in [-0.39, 0.29) is 8.74 Å². The normalized spacial score (nSPS) is 44.7. The molecule has 0 radical (unpaired) electrons. The molecule has 0 atom stereocenters. The standard InChI is InChI=1S/C7H9NO.2Al.4H/c8-5-6-1-3-7(9)4-2-6;;;;;;/h9H,1-4H2;;;;;;. The van der Waals surface area contributed by atoms with Crippen LogP contribution < -0.4 is 0 Å². The molecule has 1 N–H and O–H groups in total. The fourth-order valence-corrected chi connectivity index (χ4v) is 2.45. The molecule has 0 bridgehead atoms. The van der Waals surface area contributed by atoms with Crippen molar-refractivity contribution in [3.05, 3.63) is 0 Å². The average Bonchev–Trinajstić information content (AvgIpc) is 1.97. The third-order valence-electron chi connectivity index (χ3n) is 2.70. The zero-order valence-corrected chi connectivity index (χ0v) is 11.2. The third-order valence-corrected chi connectivity index (χ3v) is 4.92. The molecule has 0 unspecified atom stereocenters. The van der Waals surface area contributed by atoms with Crippen LogP contribution in [0.25, 0.3) is 0 Å². The molecular formula is C7H13Al2NO. The Balaban J connectivity index is 2.56. The van der Waals surface area contributed by atoms with E-state index >= 15 is 0 Å². The van der Waals surface area contributed by atoms with E-state index in [2.05, 4.69) is 6.07 Å².